The number of imide groups is 1. The van der Waals surface area contributed by atoms with Crippen molar-refractivity contribution in [1.29, 1.82) is 0 Å². The second-order valence-electron chi connectivity index (χ2n) is 6.49. The maximum Gasteiger partial charge on any atom is 0.310 e. The zero-order chi connectivity index (χ0) is 20.1. The molecule has 0 spiro atoms. The zero-order valence-corrected chi connectivity index (χ0v) is 15.7. The van der Waals surface area contributed by atoms with Gasteiger partial charge in [-0.25, -0.2) is 0 Å². The molecule has 1 aliphatic heterocycles. The van der Waals surface area contributed by atoms with E-state index >= 15 is 0 Å². The summed E-state index contributed by atoms with van der Waals surface area (Å²) in [5.41, 5.74) is 0.541. The first-order valence-electron chi connectivity index (χ1n) is 8.77. The summed E-state index contributed by atoms with van der Waals surface area (Å²) in [4.78, 5) is 52.2. The quantitative estimate of drug-likeness (QED) is 0.529. The van der Waals surface area contributed by atoms with Crippen molar-refractivity contribution in [1.82, 2.24) is 9.80 Å². The second kappa shape index (κ2) is 8.77. The van der Waals surface area contributed by atoms with Crippen molar-refractivity contribution in [2.24, 2.45) is 5.92 Å². The van der Waals surface area contributed by atoms with Gasteiger partial charge in [0.1, 0.15) is 6.04 Å². The highest BCUT2D eigenvalue weighted by molar-refractivity contribution is 6.22. The predicted octanol–water partition coefficient (Wildman–Crippen LogP) is 0.691. The SMILES string of the molecule is COC(=O)C(C)CN(CCCO)C(=O)C(C)N1C(=O)c2ccccc2C1=O. The Morgan fingerprint density at radius 2 is 1.70 bits per heavy atom. The molecule has 1 aromatic carbocycles. The minimum absolute atomic E-state index is 0.0685. The first kappa shape index (κ1) is 20.6. The third-order valence-electron chi connectivity index (χ3n) is 4.57. The summed E-state index contributed by atoms with van der Waals surface area (Å²) in [6.45, 7) is 3.25. The molecule has 0 radical (unpaired) electrons. The van der Waals surface area contributed by atoms with Crippen molar-refractivity contribution in [2.75, 3.05) is 26.8 Å². The number of aliphatic hydroxyl groups is 1. The summed E-state index contributed by atoms with van der Waals surface area (Å²) in [6.07, 6.45) is 0.314. The molecule has 146 valence electrons. The van der Waals surface area contributed by atoms with Gasteiger partial charge in [-0.2, -0.15) is 0 Å². The summed E-state index contributed by atoms with van der Waals surface area (Å²) >= 11 is 0. The molecular weight excluding hydrogens is 352 g/mol. The molecule has 0 aliphatic carbocycles. The Hall–Kier alpha value is -2.74. The van der Waals surface area contributed by atoms with E-state index in [0.717, 1.165) is 4.90 Å². The molecule has 0 saturated carbocycles. The molecule has 1 heterocycles. The first-order chi connectivity index (χ1) is 12.8. The smallest absolute Gasteiger partial charge is 0.310 e. The molecule has 2 rings (SSSR count). The molecule has 0 aromatic heterocycles. The number of ether oxygens (including phenoxy) is 1. The molecular formula is C19H24N2O6. The number of amides is 3. The van der Waals surface area contributed by atoms with E-state index in [1.165, 1.54) is 18.9 Å². The Balaban J connectivity index is 2.20. The number of esters is 1. The summed E-state index contributed by atoms with van der Waals surface area (Å²) in [6, 6.07) is 5.39. The van der Waals surface area contributed by atoms with Gasteiger partial charge in [-0.15, -0.1) is 0 Å². The molecule has 8 heteroatoms. The van der Waals surface area contributed by atoms with Crippen LogP contribution in [-0.4, -0.2) is 71.4 Å². The van der Waals surface area contributed by atoms with Crippen LogP contribution < -0.4 is 0 Å². The zero-order valence-electron chi connectivity index (χ0n) is 15.7. The average Bonchev–Trinajstić information content (AvgIpc) is 2.93. The van der Waals surface area contributed by atoms with E-state index in [4.69, 9.17) is 5.11 Å². The summed E-state index contributed by atoms with van der Waals surface area (Å²) in [5, 5.41) is 9.09. The lowest BCUT2D eigenvalue weighted by Gasteiger charge is -2.30. The van der Waals surface area contributed by atoms with Crippen LogP contribution in [-0.2, 0) is 14.3 Å². The van der Waals surface area contributed by atoms with Crippen molar-refractivity contribution >= 4 is 23.7 Å². The van der Waals surface area contributed by atoms with Crippen LogP contribution in [0.5, 0.6) is 0 Å². The third-order valence-corrected chi connectivity index (χ3v) is 4.57. The normalized spacial score (nSPS) is 15.3. The highest BCUT2D eigenvalue weighted by Gasteiger charge is 2.41. The highest BCUT2D eigenvalue weighted by atomic mass is 16.5. The van der Waals surface area contributed by atoms with E-state index in [2.05, 4.69) is 4.74 Å². The summed E-state index contributed by atoms with van der Waals surface area (Å²) in [5.74, 6) is -2.54. The molecule has 1 N–H and O–H groups in total. The van der Waals surface area contributed by atoms with Gasteiger partial charge in [0.2, 0.25) is 5.91 Å². The van der Waals surface area contributed by atoms with Crippen molar-refractivity contribution < 1.29 is 29.0 Å². The van der Waals surface area contributed by atoms with Crippen molar-refractivity contribution in [3.05, 3.63) is 35.4 Å². The van der Waals surface area contributed by atoms with E-state index in [9.17, 15) is 19.2 Å². The van der Waals surface area contributed by atoms with Gasteiger partial charge in [0.05, 0.1) is 24.2 Å². The molecule has 2 unspecified atom stereocenters. The lowest BCUT2D eigenvalue weighted by Crippen LogP contribution is -2.51. The van der Waals surface area contributed by atoms with Crippen LogP contribution in [0, 0.1) is 5.92 Å². The molecule has 1 aromatic rings. The fourth-order valence-corrected chi connectivity index (χ4v) is 3.09. The van der Waals surface area contributed by atoms with Crippen LogP contribution in [0.2, 0.25) is 0 Å². The molecule has 0 fully saturated rings. The van der Waals surface area contributed by atoms with Gasteiger partial charge in [-0.3, -0.25) is 24.1 Å². The summed E-state index contributed by atoms with van der Waals surface area (Å²) < 4.78 is 4.69. The van der Waals surface area contributed by atoms with E-state index in [1.807, 2.05) is 0 Å². The molecule has 8 nitrogen and oxygen atoms in total. The maximum absolute atomic E-state index is 13.0. The van der Waals surface area contributed by atoms with E-state index in [0.29, 0.717) is 6.42 Å². The van der Waals surface area contributed by atoms with Gasteiger partial charge in [0.25, 0.3) is 11.8 Å². The number of fused-ring (bicyclic) bond motifs is 1. The lowest BCUT2D eigenvalue weighted by atomic mass is 10.1. The first-order valence-corrected chi connectivity index (χ1v) is 8.77. The lowest BCUT2D eigenvalue weighted by molar-refractivity contribution is -0.147. The maximum atomic E-state index is 13.0. The van der Waals surface area contributed by atoms with Gasteiger partial charge < -0.3 is 14.7 Å². The Labute approximate surface area is 157 Å². The van der Waals surface area contributed by atoms with Gasteiger partial charge in [-0.05, 0) is 25.5 Å². The van der Waals surface area contributed by atoms with Gasteiger partial charge in [-0.1, -0.05) is 19.1 Å². The second-order valence-corrected chi connectivity index (χ2v) is 6.49. The minimum Gasteiger partial charge on any atom is -0.469 e. The van der Waals surface area contributed by atoms with Gasteiger partial charge in [0.15, 0.2) is 0 Å². The van der Waals surface area contributed by atoms with Crippen LogP contribution in [0.3, 0.4) is 0 Å². The Morgan fingerprint density at radius 3 is 2.19 bits per heavy atom. The number of rotatable bonds is 8. The standard InChI is InChI=1S/C19H24N2O6/c1-12(19(26)27-3)11-20(9-6-10-22)16(23)13(2)21-17(24)14-7-4-5-8-15(14)18(21)25/h4-5,7-8,12-13,22H,6,9-11H2,1-3H3. The molecule has 0 bridgehead atoms. The highest BCUT2D eigenvalue weighted by Crippen LogP contribution is 2.25. The number of aliphatic hydroxyl groups excluding tert-OH is 1. The number of carbonyl (C=O) groups excluding carboxylic acids is 4. The van der Waals surface area contributed by atoms with Crippen molar-refractivity contribution in [2.45, 2.75) is 26.3 Å². The molecule has 0 saturated heterocycles. The number of methoxy groups -OCH3 is 1. The minimum atomic E-state index is -1.03. The fourth-order valence-electron chi connectivity index (χ4n) is 3.09. The topological polar surface area (TPSA) is 104 Å². The van der Waals surface area contributed by atoms with Crippen LogP contribution in [0.4, 0.5) is 0 Å². The Bertz CT molecular complexity index is 712. The van der Waals surface area contributed by atoms with E-state index in [-0.39, 0.29) is 30.8 Å². The largest absolute Gasteiger partial charge is 0.469 e. The molecule has 1 aliphatic rings. The number of carbonyl (C=O) groups is 4. The molecule has 3 amide bonds. The summed E-state index contributed by atoms with van der Waals surface area (Å²) in [7, 11) is 1.26. The fraction of sp³-hybridized carbons (Fsp3) is 0.474. The number of hydrogen-bond donors (Lipinski definition) is 1. The van der Waals surface area contributed by atoms with Crippen molar-refractivity contribution in [3.63, 3.8) is 0 Å². The number of hydrogen-bond acceptors (Lipinski definition) is 6. The molecule has 27 heavy (non-hydrogen) atoms. The average molecular weight is 376 g/mol. The van der Waals surface area contributed by atoms with Gasteiger partial charge >= 0.3 is 5.97 Å². The number of nitrogens with zero attached hydrogens (tertiary/aromatic N) is 2. The van der Waals surface area contributed by atoms with Crippen LogP contribution >= 0.6 is 0 Å². The Kier molecular flexibility index (Phi) is 6.68. The van der Waals surface area contributed by atoms with Crippen molar-refractivity contribution in [3.8, 4) is 0 Å². The van der Waals surface area contributed by atoms with E-state index in [1.54, 1.807) is 31.2 Å². The van der Waals surface area contributed by atoms with E-state index < -0.39 is 35.7 Å². The Morgan fingerprint density at radius 1 is 1.15 bits per heavy atom. The predicted molar refractivity (Wildman–Crippen MR) is 95.9 cm³/mol. The van der Waals surface area contributed by atoms with Crippen LogP contribution in [0.25, 0.3) is 0 Å². The monoisotopic (exact) mass is 376 g/mol. The number of benzene rings is 1. The van der Waals surface area contributed by atoms with Crippen LogP contribution in [0.1, 0.15) is 41.0 Å². The van der Waals surface area contributed by atoms with Gasteiger partial charge in [0, 0.05) is 19.7 Å². The van der Waals surface area contributed by atoms with Crippen LogP contribution in [0.15, 0.2) is 24.3 Å². The third kappa shape index (κ3) is 4.16. The molecule has 2 atom stereocenters.